The van der Waals surface area contributed by atoms with Gasteiger partial charge in [-0.2, -0.15) is 13.2 Å². The van der Waals surface area contributed by atoms with Gasteiger partial charge in [-0.1, -0.05) is 0 Å². The molecule has 0 saturated carbocycles. The van der Waals surface area contributed by atoms with Crippen LogP contribution in [0.5, 0.6) is 0 Å². The molecule has 1 saturated heterocycles. The van der Waals surface area contributed by atoms with Gasteiger partial charge in [-0.05, 0) is 19.8 Å². The minimum absolute atomic E-state index is 0.104. The molecule has 0 atom stereocenters. The summed E-state index contributed by atoms with van der Waals surface area (Å²) in [7, 11) is 0. The van der Waals surface area contributed by atoms with E-state index in [0.29, 0.717) is 24.7 Å². The van der Waals surface area contributed by atoms with Crippen molar-refractivity contribution in [3.63, 3.8) is 0 Å². The van der Waals surface area contributed by atoms with Gasteiger partial charge in [0.05, 0.1) is 5.92 Å². The Bertz CT molecular complexity index is 425. The molecule has 4 nitrogen and oxygen atoms in total. The summed E-state index contributed by atoms with van der Waals surface area (Å²) in [5.41, 5.74) is 6.39. The van der Waals surface area contributed by atoms with Crippen LogP contribution in [0.2, 0.25) is 0 Å². The third-order valence-electron chi connectivity index (χ3n) is 3.35. The molecule has 0 aromatic carbocycles. The topological polar surface area (TPSA) is 55.0 Å². The molecule has 2 heterocycles. The summed E-state index contributed by atoms with van der Waals surface area (Å²) < 4.78 is 37.7. The van der Waals surface area contributed by atoms with Crippen molar-refractivity contribution in [3.05, 3.63) is 11.9 Å². The van der Waals surface area contributed by atoms with Crippen LogP contribution < -0.4 is 10.6 Å². The van der Waals surface area contributed by atoms with E-state index in [-0.39, 0.29) is 12.8 Å². The number of anilines is 2. The fourth-order valence-corrected chi connectivity index (χ4v) is 2.19. The number of alkyl halides is 3. The molecule has 1 aliphatic rings. The first-order chi connectivity index (χ1) is 8.39. The highest BCUT2D eigenvalue weighted by molar-refractivity contribution is 5.55. The SMILES string of the molecule is Cc1c(N)ncnc1N1CCC(C(F)(F)F)CC1. The predicted molar refractivity (Wildman–Crippen MR) is 62.2 cm³/mol. The molecule has 0 aliphatic carbocycles. The molecule has 1 aromatic heterocycles. The van der Waals surface area contributed by atoms with Gasteiger partial charge in [0, 0.05) is 18.7 Å². The summed E-state index contributed by atoms with van der Waals surface area (Å²) in [4.78, 5) is 9.79. The Morgan fingerprint density at radius 3 is 2.44 bits per heavy atom. The van der Waals surface area contributed by atoms with Crippen LogP contribution in [0.25, 0.3) is 0 Å². The molecule has 0 spiro atoms. The van der Waals surface area contributed by atoms with Gasteiger partial charge in [-0.15, -0.1) is 0 Å². The van der Waals surface area contributed by atoms with Crippen molar-refractivity contribution >= 4 is 11.6 Å². The summed E-state index contributed by atoms with van der Waals surface area (Å²) in [6.07, 6.45) is -2.54. The molecule has 0 amide bonds. The van der Waals surface area contributed by atoms with Crippen LogP contribution >= 0.6 is 0 Å². The average molecular weight is 260 g/mol. The molecule has 100 valence electrons. The Balaban J connectivity index is 2.08. The molecule has 18 heavy (non-hydrogen) atoms. The molecule has 2 rings (SSSR count). The Hall–Kier alpha value is -1.53. The Labute approximate surface area is 103 Å². The van der Waals surface area contributed by atoms with Gasteiger partial charge in [-0.25, -0.2) is 9.97 Å². The van der Waals surface area contributed by atoms with Gasteiger partial charge >= 0.3 is 6.18 Å². The zero-order valence-corrected chi connectivity index (χ0v) is 10.0. The third-order valence-corrected chi connectivity index (χ3v) is 3.35. The fourth-order valence-electron chi connectivity index (χ4n) is 2.19. The number of halogens is 3. The second-order valence-corrected chi connectivity index (χ2v) is 4.51. The highest BCUT2D eigenvalue weighted by atomic mass is 19.4. The van der Waals surface area contributed by atoms with Crippen LogP contribution in [0.3, 0.4) is 0 Å². The lowest BCUT2D eigenvalue weighted by atomic mass is 9.96. The lowest BCUT2D eigenvalue weighted by Crippen LogP contribution is -2.39. The molecular weight excluding hydrogens is 245 g/mol. The van der Waals surface area contributed by atoms with Crippen LogP contribution in [-0.4, -0.2) is 29.2 Å². The van der Waals surface area contributed by atoms with E-state index in [1.54, 1.807) is 6.92 Å². The zero-order valence-electron chi connectivity index (χ0n) is 10.0. The molecule has 1 aromatic rings. The predicted octanol–water partition coefficient (Wildman–Crippen LogP) is 2.15. The molecule has 7 heteroatoms. The van der Waals surface area contributed by atoms with Crippen molar-refractivity contribution in [1.29, 1.82) is 0 Å². The molecule has 1 aliphatic heterocycles. The van der Waals surface area contributed by atoms with Gasteiger partial charge in [0.15, 0.2) is 0 Å². The standard InChI is InChI=1S/C11H15F3N4/c1-7-9(15)16-6-17-10(7)18-4-2-8(3-5-18)11(12,13)14/h6,8H,2-5H2,1H3,(H2,15,16,17). The van der Waals surface area contributed by atoms with Crippen LogP contribution in [0, 0.1) is 12.8 Å². The molecule has 0 bridgehead atoms. The van der Waals surface area contributed by atoms with Crippen LogP contribution in [0.4, 0.5) is 24.8 Å². The molecule has 0 unspecified atom stereocenters. The van der Waals surface area contributed by atoms with Crippen molar-refractivity contribution in [3.8, 4) is 0 Å². The minimum atomic E-state index is -4.09. The van der Waals surface area contributed by atoms with Crippen molar-refractivity contribution in [2.24, 2.45) is 5.92 Å². The van der Waals surface area contributed by atoms with Gasteiger partial charge in [0.25, 0.3) is 0 Å². The highest BCUT2D eigenvalue weighted by Crippen LogP contribution is 2.35. The van der Waals surface area contributed by atoms with E-state index in [0.717, 1.165) is 5.56 Å². The van der Waals surface area contributed by atoms with Crippen molar-refractivity contribution in [1.82, 2.24) is 9.97 Å². The number of rotatable bonds is 1. The Kier molecular flexibility index (Phi) is 3.32. The summed E-state index contributed by atoms with van der Waals surface area (Å²) in [6.45, 7) is 2.48. The normalized spacial score (nSPS) is 18.1. The summed E-state index contributed by atoms with van der Waals surface area (Å²) in [5.74, 6) is -0.186. The fraction of sp³-hybridized carbons (Fsp3) is 0.636. The quantitative estimate of drug-likeness (QED) is 0.840. The van der Waals surface area contributed by atoms with Gasteiger partial charge in [-0.3, -0.25) is 0 Å². The van der Waals surface area contributed by atoms with E-state index in [1.165, 1.54) is 6.33 Å². The smallest absolute Gasteiger partial charge is 0.383 e. The molecule has 2 N–H and O–H groups in total. The second kappa shape index (κ2) is 4.62. The van der Waals surface area contributed by atoms with Crippen LogP contribution in [0.1, 0.15) is 18.4 Å². The van der Waals surface area contributed by atoms with Crippen molar-refractivity contribution in [2.75, 3.05) is 23.7 Å². The van der Waals surface area contributed by atoms with E-state index in [2.05, 4.69) is 9.97 Å². The number of aromatic nitrogens is 2. The minimum Gasteiger partial charge on any atom is -0.383 e. The maximum absolute atomic E-state index is 12.6. The zero-order chi connectivity index (χ0) is 13.3. The lowest BCUT2D eigenvalue weighted by molar-refractivity contribution is -0.179. The van der Waals surface area contributed by atoms with Gasteiger partial charge in [0.1, 0.15) is 18.0 Å². The summed E-state index contributed by atoms with van der Waals surface area (Å²) in [5, 5.41) is 0. The van der Waals surface area contributed by atoms with Gasteiger partial charge in [0.2, 0.25) is 0 Å². The Morgan fingerprint density at radius 1 is 1.28 bits per heavy atom. The number of piperidine rings is 1. The number of hydrogen-bond acceptors (Lipinski definition) is 4. The third kappa shape index (κ3) is 2.49. The maximum Gasteiger partial charge on any atom is 0.391 e. The largest absolute Gasteiger partial charge is 0.391 e. The summed E-state index contributed by atoms with van der Waals surface area (Å²) >= 11 is 0. The van der Waals surface area contributed by atoms with E-state index < -0.39 is 12.1 Å². The van der Waals surface area contributed by atoms with Crippen LogP contribution in [0.15, 0.2) is 6.33 Å². The monoisotopic (exact) mass is 260 g/mol. The first-order valence-corrected chi connectivity index (χ1v) is 5.78. The van der Waals surface area contributed by atoms with Gasteiger partial charge < -0.3 is 10.6 Å². The molecule has 1 fully saturated rings. The first kappa shape index (κ1) is 12.9. The highest BCUT2D eigenvalue weighted by Gasteiger charge is 2.41. The number of nitrogens with zero attached hydrogens (tertiary/aromatic N) is 3. The van der Waals surface area contributed by atoms with E-state index in [9.17, 15) is 13.2 Å². The van der Waals surface area contributed by atoms with Crippen molar-refractivity contribution in [2.45, 2.75) is 25.9 Å². The van der Waals surface area contributed by atoms with E-state index in [1.807, 2.05) is 4.90 Å². The summed E-state index contributed by atoms with van der Waals surface area (Å²) in [6, 6.07) is 0. The first-order valence-electron chi connectivity index (χ1n) is 5.78. The maximum atomic E-state index is 12.6. The average Bonchev–Trinajstić information content (AvgIpc) is 2.32. The van der Waals surface area contributed by atoms with Crippen LogP contribution in [-0.2, 0) is 0 Å². The lowest BCUT2D eigenvalue weighted by Gasteiger charge is -2.34. The number of nitrogens with two attached hydrogens (primary N) is 1. The number of nitrogen functional groups attached to an aromatic ring is 1. The van der Waals surface area contributed by atoms with E-state index in [4.69, 9.17) is 5.73 Å². The molecular formula is C11H15F3N4. The molecule has 0 radical (unpaired) electrons. The van der Waals surface area contributed by atoms with E-state index >= 15 is 0 Å². The number of hydrogen-bond donors (Lipinski definition) is 1. The Morgan fingerprint density at radius 2 is 1.89 bits per heavy atom. The van der Waals surface area contributed by atoms with Crippen molar-refractivity contribution < 1.29 is 13.2 Å². The second-order valence-electron chi connectivity index (χ2n) is 4.51.